The maximum atomic E-state index is 4.70. The minimum Gasteiger partial charge on any atom is -0.333 e. The number of fused-ring (bicyclic) bond motifs is 1. The minimum atomic E-state index is 0.200. The molecule has 1 aliphatic heterocycles. The molecule has 0 bridgehead atoms. The Hall–Kier alpha value is -1.10. The first-order valence-corrected chi connectivity index (χ1v) is 6.79. The van der Waals surface area contributed by atoms with Gasteiger partial charge in [-0.15, -0.1) is 0 Å². The summed E-state index contributed by atoms with van der Waals surface area (Å²) in [5.41, 5.74) is 2.64. The van der Waals surface area contributed by atoms with Gasteiger partial charge in [0.1, 0.15) is 9.88 Å². The SMILES string of the molecule is C=C/C=C\N1Cc2ccccc2C(I)N=C1C. The molecule has 0 saturated carbocycles. The van der Waals surface area contributed by atoms with E-state index in [1.165, 1.54) is 11.1 Å². The molecule has 3 heteroatoms. The fraction of sp³-hybridized carbons (Fsp3) is 0.214. The highest BCUT2D eigenvalue weighted by Crippen LogP contribution is 2.31. The molecule has 0 aliphatic carbocycles. The van der Waals surface area contributed by atoms with Gasteiger partial charge in [-0.1, -0.05) is 59.5 Å². The number of alkyl halides is 1. The van der Waals surface area contributed by atoms with Gasteiger partial charge < -0.3 is 4.90 Å². The second-order valence-corrected chi connectivity index (χ2v) is 5.10. The van der Waals surface area contributed by atoms with E-state index in [0.717, 1.165) is 12.4 Å². The molecule has 0 amide bonds. The molecule has 1 aromatic carbocycles. The normalized spacial score (nSPS) is 19.8. The summed E-state index contributed by atoms with van der Waals surface area (Å²) < 4.78 is 0.200. The zero-order chi connectivity index (χ0) is 12.3. The summed E-state index contributed by atoms with van der Waals surface area (Å²) in [5.74, 6) is 1.04. The third kappa shape index (κ3) is 2.77. The monoisotopic (exact) mass is 338 g/mol. The zero-order valence-corrected chi connectivity index (χ0v) is 12.0. The first kappa shape index (κ1) is 12.4. The van der Waals surface area contributed by atoms with Crippen LogP contribution in [0.25, 0.3) is 0 Å². The van der Waals surface area contributed by atoms with Crippen LogP contribution in [-0.4, -0.2) is 10.7 Å². The Kier molecular flexibility index (Phi) is 3.99. The van der Waals surface area contributed by atoms with Crippen molar-refractivity contribution in [3.63, 3.8) is 0 Å². The third-order valence-electron chi connectivity index (χ3n) is 2.77. The van der Waals surface area contributed by atoms with Crippen LogP contribution in [0, 0.1) is 0 Å². The van der Waals surface area contributed by atoms with E-state index in [0.29, 0.717) is 0 Å². The van der Waals surface area contributed by atoms with Gasteiger partial charge in [-0.2, -0.15) is 0 Å². The molecule has 0 N–H and O–H groups in total. The number of aliphatic imine (C=N–C) groups is 1. The standard InChI is InChI=1S/C14H15IN2/c1-3-4-9-17-10-12-7-5-6-8-13(12)14(15)16-11(17)2/h3-9,14H,1,10H2,2H3/b9-4-. The smallest absolute Gasteiger partial charge is 0.128 e. The number of halogens is 1. The Labute approximate surface area is 116 Å². The van der Waals surface area contributed by atoms with Gasteiger partial charge in [0.15, 0.2) is 0 Å². The van der Waals surface area contributed by atoms with Crippen LogP contribution < -0.4 is 0 Å². The van der Waals surface area contributed by atoms with E-state index in [9.17, 15) is 0 Å². The molecule has 1 heterocycles. The van der Waals surface area contributed by atoms with Crippen LogP contribution in [0.15, 0.2) is 54.2 Å². The Bertz CT molecular complexity index is 477. The van der Waals surface area contributed by atoms with Gasteiger partial charge >= 0.3 is 0 Å². The predicted octanol–water partition coefficient (Wildman–Crippen LogP) is 4.05. The van der Waals surface area contributed by atoms with Crippen molar-refractivity contribution in [3.05, 3.63) is 60.3 Å². The summed E-state index contributed by atoms with van der Waals surface area (Å²) in [4.78, 5) is 6.85. The van der Waals surface area contributed by atoms with E-state index in [2.05, 4.69) is 58.3 Å². The van der Waals surface area contributed by atoms with Crippen molar-refractivity contribution in [3.8, 4) is 0 Å². The van der Waals surface area contributed by atoms with Crippen molar-refractivity contribution in [2.24, 2.45) is 4.99 Å². The molecule has 0 aromatic heterocycles. The Morgan fingerprint density at radius 1 is 1.47 bits per heavy atom. The van der Waals surface area contributed by atoms with Crippen LogP contribution in [0.1, 0.15) is 22.1 Å². The molecule has 0 radical (unpaired) electrons. The molecule has 0 spiro atoms. The van der Waals surface area contributed by atoms with Crippen molar-refractivity contribution >= 4 is 28.4 Å². The van der Waals surface area contributed by atoms with Crippen molar-refractivity contribution in [2.75, 3.05) is 0 Å². The molecule has 1 aromatic rings. The topological polar surface area (TPSA) is 15.6 Å². The maximum absolute atomic E-state index is 4.70. The molecule has 1 aliphatic rings. The van der Waals surface area contributed by atoms with Crippen LogP contribution >= 0.6 is 22.6 Å². The van der Waals surface area contributed by atoms with Crippen LogP contribution in [0.5, 0.6) is 0 Å². The second-order valence-electron chi connectivity index (χ2n) is 3.92. The average molecular weight is 338 g/mol. The Morgan fingerprint density at radius 3 is 3.00 bits per heavy atom. The van der Waals surface area contributed by atoms with Gasteiger partial charge in [-0.3, -0.25) is 4.99 Å². The largest absolute Gasteiger partial charge is 0.333 e. The lowest BCUT2D eigenvalue weighted by molar-refractivity contribution is 0.552. The van der Waals surface area contributed by atoms with Crippen molar-refractivity contribution in [1.29, 1.82) is 0 Å². The second kappa shape index (κ2) is 5.49. The summed E-state index contributed by atoms with van der Waals surface area (Å²) in [6.07, 6.45) is 5.75. The van der Waals surface area contributed by atoms with Crippen LogP contribution in [-0.2, 0) is 6.54 Å². The minimum absolute atomic E-state index is 0.200. The van der Waals surface area contributed by atoms with Gasteiger partial charge in [0.2, 0.25) is 0 Å². The van der Waals surface area contributed by atoms with E-state index in [1.54, 1.807) is 6.08 Å². The van der Waals surface area contributed by atoms with Gasteiger partial charge in [-0.05, 0) is 24.1 Å². The lowest BCUT2D eigenvalue weighted by Crippen LogP contribution is -2.21. The molecule has 1 unspecified atom stereocenters. The highest BCUT2D eigenvalue weighted by Gasteiger charge is 2.18. The zero-order valence-electron chi connectivity index (χ0n) is 9.81. The van der Waals surface area contributed by atoms with Gasteiger partial charge in [0.05, 0.1) is 0 Å². The average Bonchev–Trinajstić information content (AvgIpc) is 2.45. The first-order chi connectivity index (χ1) is 8.22. The van der Waals surface area contributed by atoms with Gasteiger partial charge in [0, 0.05) is 12.7 Å². The van der Waals surface area contributed by atoms with E-state index in [4.69, 9.17) is 4.99 Å². The van der Waals surface area contributed by atoms with Crippen LogP contribution in [0.2, 0.25) is 0 Å². The quantitative estimate of drug-likeness (QED) is 0.344. The number of rotatable bonds is 2. The maximum Gasteiger partial charge on any atom is 0.128 e. The van der Waals surface area contributed by atoms with Crippen molar-refractivity contribution in [1.82, 2.24) is 4.90 Å². The lowest BCUT2D eigenvalue weighted by atomic mass is 10.1. The molecular formula is C14H15IN2. The molecule has 1 atom stereocenters. The molecule has 0 fully saturated rings. The van der Waals surface area contributed by atoms with Crippen LogP contribution in [0.3, 0.4) is 0 Å². The number of benzene rings is 1. The van der Waals surface area contributed by atoms with E-state index in [-0.39, 0.29) is 4.05 Å². The molecule has 88 valence electrons. The molecule has 17 heavy (non-hydrogen) atoms. The lowest BCUT2D eigenvalue weighted by Gasteiger charge is -2.18. The fourth-order valence-corrected chi connectivity index (χ4v) is 2.85. The van der Waals surface area contributed by atoms with Gasteiger partial charge in [-0.25, -0.2) is 0 Å². The number of nitrogens with zero attached hydrogens (tertiary/aromatic N) is 2. The molecular weight excluding hydrogens is 323 g/mol. The van der Waals surface area contributed by atoms with E-state index in [1.807, 2.05) is 19.2 Å². The summed E-state index contributed by atoms with van der Waals surface area (Å²) >= 11 is 2.38. The summed E-state index contributed by atoms with van der Waals surface area (Å²) in [7, 11) is 0. The van der Waals surface area contributed by atoms with E-state index < -0.39 is 0 Å². The van der Waals surface area contributed by atoms with Crippen LogP contribution in [0.4, 0.5) is 0 Å². The number of allylic oxidation sites excluding steroid dienone is 2. The summed E-state index contributed by atoms with van der Waals surface area (Å²) in [6.45, 7) is 6.61. The molecule has 0 saturated heterocycles. The predicted molar refractivity (Wildman–Crippen MR) is 81.2 cm³/mol. The Morgan fingerprint density at radius 2 is 2.24 bits per heavy atom. The summed E-state index contributed by atoms with van der Waals surface area (Å²) in [5, 5.41) is 0. The first-order valence-electron chi connectivity index (χ1n) is 5.54. The molecule has 2 rings (SSSR count). The summed E-state index contributed by atoms with van der Waals surface area (Å²) in [6, 6.07) is 8.48. The Balaban J connectivity index is 2.39. The van der Waals surface area contributed by atoms with E-state index >= 15 is 0 Å². The number of hydrogen-bond acceptors (Lipinski definition) is 2. The van der Waals surface area contributed by atoms with Crippen molar-refractivity contribution < 1.29 is 0 Å². The fourth-order valence-electron chi connectivity index (χ4n) is 1.84. The number of amidine groups is 1. The highest BCUT2D eigenvalue weighted by molar-refractivity contribution is 14.1. The van der Waals surface area contributed by atoms with Crippen molar-refractivity contribution in [2.45, 2.75) is 17.5 Å². The third-order valence-corrected chi connectivity index (χ3v) is 3.72. The number of hydrogen-bond donors (Lipinski definition) is 0. The highest BCUT2D eigenvalue weighted by atomic mass is 127. The molecule has 2 nitrogen and oxygen atoms in total. The van der Waals surface area contributed by atoms with Gasteiger partial charge in [0.25, 0.3) is 0 Å².